The predicted octanol–water partition coefficient (Wildman–Crippen LogP) is 15.4. The van der Waals surface area contributed by atoms with Crippen LogP contribution < -0.4 is 26.2 Å². The zero-order valence-corrected chi connectivity index (χ0v) is 43.3. The highest BCUT2D eigenvalue weighted by molar-refractivity contribution is 7.00. The summed E-state index contributed by atoms with van der Waals surface area (Å²) in [7, 11) is 0. The van der Waals surface area contributed by atoms with Crippen LogP contribution in [0.15, 0.2) is 158 Å². The number of fused-ring (bicyclic) bond motifs is 10. The van der Waals surface area contributed by atoms with Gasteiger partial charge in [0.25, 0.3) is 6.71 Å². The van der Waals surface area contributed by atoms with E-state index < -0.39 is 0 Å². The molecule has 12 rings (SSSR count). The molecule has 0 aliphatic carbocycles. The standard InChI is InChI=1S/C65H62BN5/c1-62(2,3)46-31-47(63(4,5)6)34-50(33-46)70-56-29-45(61-68-37-67-38-69-61)30-57-58(56)66(54-23-21-43-25-39-17-13-15-19-41(39)27-52(43)59(54)70)55-24-22-44-26-40-18-14-16-20-42(40)28-53(44)60(55)71(57)51-35-48(64(7,8)9)32-49(36-51)65(10,11)12/h13-38H,1-12H3. The third-order valence-electron chi connectivity index (χ3n) is 15.3. The van der Waals surface area contributed by atoms with E-state index in [4.69, 9.17) is 9.97 Å². The molecule has 0 radical (unpaired) electrons. The fourth-order valence-electron chi connectivity index (χ4n) is 11.3. The van der Waals surface area contributed by atoms with Crippen LogP contribution in [-0.4, -0.2) is 21.7 Å². The van der Waals surface area contributed by atoms with E-state index in [1.54, 1.807) is 12.7 Å². The van der Waals surface area contributed by atoms with Crippen molar-refractivity contribution in [3.63, 3.8) is 0 Å². The molecule has 0 atom stereocenters. The molecule has 2 aliphatic heterocycles. The van der Waals surface area contributed by atoms with Crippen molar-refractivity contribution in [2.75, 3.05) is 9.80 Å². The maximum atomic E-state index is 4.89. The van der Waals surface area contributed by atoms with E-state index >= 15 is 0 Å². The Labute approximate surface area is 419 Å². The van der Waals surface area contributed by atoms with Crippen molar-refractivity contribution in [2.45, 2.75) is 105 Å². The van der Waals surface area contributed by atoms with Crippen molar-refractivity contribution in [1.82, 2.24) is 15.0 Å². The molecule has 1 aromatic heterocycles. The van der Waals surface area contributed by atoms with Crippen molar-refractivity contribution >= 4 is 100 Å². The number of aromatic nitrogens is 3. The average molecular weight is 924 g/mol. The largest absolute Gasteiger partial charge is 0.311 e. The third-order valence-corrected chi connectivity index (χ3v) is 15.3. The summed E-state index contributed by atoms with van der Waals surface area (Å²) in [4.78, 5) is 19.3. The van der Waals surface area contributed by atoms with Crippen LogP contribution in [-0.2, 0) is 21.7 Å². The molecule has 0 amide bonds. The average Bonchev–Trinajstić information content (AvgIpc) is 3.33. The first-order chi connectivity index (χ1) is 33.7. The van der Waals surface area contributed by atoms with Crippen LogP contribution in [0, 0.1) is 0 Å². The third kappa shape index (κ3) is 7.40. The molecule has 350 valence electrons. The lowest BCUT2D eigenvalue weighted by molar-refractivity contribution is 0.568. The molecule has 0 unspecified atom stereocenters. The maximum absolute atomic E-state index is 4.89. The zero-order valence-electron chi connectivity index (χ0n) is 43.3. The molecule has 10 aromatic rings. The molecule has 0 saturated carbocycles. The van der Waals surface area contributed by atoms with Crippen molar-refractivity contribution in [2.24, 2.45) is 0 Å². The summed E-state index contributed by atoms with van der Waals surface area (Å²) in [5.74, 6) is 0.637. The van der Waals surface area contributed by atoms with Gasteiger partial charge in [0.1, 0.15) is 12.7 Å². The highest BCUT2D eigenvalue weighted by Crippen LogP contribution is 2.51. The first-order valence-electron chi connectivity index (χ1n) is 25.3. The van der Waals surface area contributed by atoms with E-state index in [9.17, 15) is 0 Å². The van der Waals surface area contributed by atoms with E-state index in [0.29, 0.717) is 5.82 Å². The van der Waals surface area contributed by atoms with Crippen LogP contribution in [0.2, 0.25) is 0 Å². The number of hydrogen-bond acceptors (Lipinski definition) is 5. The second-order valence-electron chi connectivity index (χ2n) is 24.4. The Balaban J connectivity index is 1.30. The molecule has 6 heteroatoms. The molecule has 0 fully saturated rings. The van der Waals surface area contributed by atoms with E-state index in [2.05, 4.69) is 243 Å². The van der Waals surface area contributed by atoms with Crippen LogP contribution in [0.5, 0.6) is 0 Å². The van der Waals surface area contributed by atoms with Crippen molar-refractivity contribution in [3.05, 3.63) is 181 Å². The number of rotatable bonds is 3. The van der Waals surface area contributed by atoms with Crippen LogP contribution in [0.25, 0.3) is 54.5 Å². The van der Waals surface area contributed by atoms with Gasteiger partial charge in [0.15, 0.2) is 5.82 Å². The number of hydrogen-bond donors (Lipinski definition) is 0. The highest BCUT2D eigenvalue weighted by atomic mass is 15.2. The van der Waals surface area contributed by atoms with Crippen LogP contribution in [0.1, 0.15) is 105 Å². The fourth-order valence-corrected chi connectivity index (χ4v) is 11.3. The minimum absolute atomic E-state index is 0.109. The van der Waals surface area contributed by atoms with Gasteiger partial charge in [-0.1, -0.05) is 168 Å². The Bertz CT molecular complexity index is 3530. The predicted molar refractivity (Wildman–Crippen MR) is 304 cm³/mol. The Morgan fingerprint density at radius 2 is 0.746 bits per heavy atom. The van der Waals surface area contributed by atoms with Gasteiger partial charge < -0.3 is 9.80 Å². The molecule has 3 heterocycles. The minimum atomic E-state index is -0.114. The van der Waals surface area contributed by atoms with Crippen LogP contribution in [0.3, 0.4) is 0 Å². The normalized spacial score (nSPS) is 13.8. The van der Waals surface area contributed by atoms with Crippen molar-refractivity contribution in [3.8, 4) is 11.4 Å². The van der Waals surface area contributed by atoms with Crippen molar-refractivity contribution < 1.29 is 0 Å². The van der Waals surface area contributed by atoms with Gasteiger partial charge in [-0.15, -0.1) is 0 Å². The van der Waals surface area contributed by atoms with E-state index in [0.717, 1.165) is 28.3 Å². The van der Waals surface area contributed by atoms with Crippen molar-refractivity contribution in [1.29, 1.82) is 0 Å². The second kappa shape index (κ2) is 15.6. The molecule has 0 spiro atoms. The van der Waals surface area contributed by atoms with Gasteiger partial charge >= 0.3 is 0 Å². The SMILES string of the molecule is CC(C)(C)c1cc(N2c3cc(-c4ncncn4)cc4c3B(c3ccc5cc6ccccc6cc5c32)c2ccc3cc5ccccc5cc3c2N4c2cc(C(C)(C)C)cc(C(C)(C)C)c2)cc(C(C)(C)C)c1. The molecule has 0 saturated heterocycles. The first kappa shape index (κ1) is 44.9. The summed E-state index contributed by atoms with van der Waals surface area (Å²) in [5, 5.41) is 9.78. The van der Waals surface area contributed by atoms with E-state index in [1.165, 1.54) is 93.1 Å². The molecule has 71 heavy (non-hydrogen) atoms. The monoisotopic (exact) mass is 924 g/mol. The number of nitrogens with zero attached hydrogens (tertiary/aromatic N) is 5. The Morgan fingerprint density at radius 1 is 0.380 bits per heavy atom. The van der Waals surface area contributed by atoms with Gasteiger partial charge in [0.05, 0.1) is 0 Å². The summed E-state index contributed by atoms with van der Waals surface area (Å²) in [6.07, 6.45) is 3.25. The second-order valence-corrected chi connectivity index (χ2v) is 24.4. The smallest absolute Gasteiger partial charge is 0.252 e. The Kier molecular flexibility index (Phi) is 9.86. The summed E-state index contributed by atoms with van der Waals surface area (Å²) in [6.45, 7) is 27.9. The van der Waals surface area contributed by atoms with Gasteiger partial charge in [-0.2, -0.15) is 0 Å². The lowest BCUT2D eigenvalue weighted by Gasteiger charge is -2.45. The highest BCUT2D eigenvalue weighted by Gasteiger charge is 2.45. The van der Waals surface area contributed by atoms with Gasteiger partial charge in [-0.25, -0.2) is 15.0 Å². The Morgan fingerprint density at radius 3 is 1.11 bits per heavy atom. The quantitative estimate of drug-likeness (QED) is 0.130. The van der Waals surface area contributed by atoms with Crippen LogP contribution >= 0.6 is 0 Å². The maximum Gasteiger partial charge on any atom is 0.252 e. The van der Waals surface area contributed by atoms with E-state index in [1.807, 2.05) is 0 Å². The van der Waals surface area contributed by atoms with Crippen LogP contribution in [0.4, 0.5) is 34.1 Å². The fraction of sp³-hybridized carbons (Fsp3) is 0.246. The van der Waals surface area contributed by atoms with E-state index in [-0.39, 0.29) is 28.4 Å². The molecule has 0 N–H and O–H groups in total. The van der Waals surface area contributed by atoms with Gasteiger partial charge in [0.2, 0.25) is 0 Å². The van der Waals surface area contributed by atoms with Gasteiger partial charge in [-0.05, 0) is 153 Å². The molecule has 5 nitrogen and oxygen atoms in total. The molecule has 0 bridgehead atoms. The minimum Gasteiger partial charge on any atom is -0.311 e. The topological polar surface area (TPSA) is 45.2 Å². The summed E-state index contributed by atoms with van der Waals surface area (Å²) >= 11 is 0. The Hall–Kier alpha value is -7.31. The molecular weight excluding hydrogens is 862 g/mol. The van der Waals surface area contributed by atoms with Gasteiger partial charge in [0, 0.05) is 50.5 Å². The molecule has 9 aromatic carbocycles. The summed E-state index contributed by atoms with van der Waals surface area (Å²) in [6, 6.07) is 56.3. The number of benzene rings is 9. The molecule has 2 aliphatic rings. The lowest BCUT2D eigenvalue weighted by Crippen LogP contribution is -2.61. The lowest BCUT2D eigenvalue weighted by atomic mass is 9.33. The summed E-state index contributed by atoms with van der Waals surface area (Å²) in [5.41, 5.74) is 16.5. The zero-order chi connectivity index (χ0) is 49.5. The first-order valence-corrected chi connectivity index (χ1v) is 25.3. The number of anilines is 6. The van der Waals surface area contributed by atoms with Gasteiger partial charge in [-0.3, -0.25) is 0 Å². The summed E-state index contributed by atoms with van der Waals surface area (Å²) < 4.78 is 0. The molecular formula is C65H62BN5.